The molecule has 3 nitrogen and oxygen atoms in total. The molecule has 1 heterocycles. The maximum absolute atomic E-state index is 4.17. The Morgan fingerprint density at radius 1 is 1.46 bits per heavy atom. The largest absolute Gasteiger partial charge is 0.295 e. The van der Waals surface area contributed by atoms with Gasteiger partial charge in [-0.2, -0.15) is 0 Å². The second-order valence-electron chi connectivity index (χ2n) is 3.08. The predicted molar refractivity (Wildman–Crippen MR) is 56.8 cm³/mol. The van der Waals surface area contributed by atoms with Crippen LogP contribution in [-0.4, -0.2) is 33.3 Å². The monoisotopic (exact) mass is 243 g/mol. The van der Waals surface area contributed by atoms with Gasteiger partial charge in [-0.3, -0.25) is 4.90 Å². The van der Waals surface area contributed by atoms with Crippen LogP contribution in [0.3, 0.4) is 0 Å². The Morgan fingerprint density at radius 2 is 2.08 bits per heavy atom. The maximum atomic E-state index is 4.17. The molecule has 1 aromatic rings. The van der Waals surface area contributed by atoms with Crippen LogP contribution in [0.25, 0.3) is 0 Å². The Hall–Kier alpha value is -0.480. The molecular weight excluding hydrogens is 230 g/mol. The topological polar surface area (TPSA) is 29.0 Å². The zero-order valence-corrected chi connectivity index (χ0v) is 9.53. The Bertz CT molecular complexity index is 240. The molecule has 1 aromatic heterocycles. The van der Waals surface area contributed by atoms with Gasteiger partial charge in [0.2, 0.25) is 0 Å². The summed E-state index contributed by atoms with van der Waals surface area (Å²) in [5.74, 6) is 0.873. The summed E-state index contributed by atoms with van der Waals surface area (Å²) in [4.78, 5) is 10.5. The molecule has 0 aromatic carbocycles. The first kappa shape index (κ1) is 10.6. The molecule has 0 saturated heterocycles. The lowest BCUT2D eigenvalue weighted by molar-refractivity contribution is 0.264. The van der Waals surface area contributed by atoms with E-state index in [0.717, 1.165) is 17.7 Å². The minimum absolute atomic E-state index is 0.504. The summed E-state index contributed by atoms with van der Waals surface area (Å²) in [6, 6.07) is 2.33. The average Bonchev–Trinajstić information content (AvgIpc) is 2.18. The van der Waals surface area contributed by atoms with E-state index in [-0.39, 0.29) is 0 Å². The summed E-state index contributed by atoms with van der Waals surface area (Å²) in [6.07, 6.45) is 3.55. The number of aromatic nitrogens is 2. The molecule has 4 heteroatoms. The first-order chi connectivity index (χ1) is 6.24. The first-order valence-electron chi connectivity index (χ1n) is 4.26. The van der Waals surface area contributed by atoms with Crippen molar-refractivity contribution in [3.63, 3.8) is 0 Å². The highest BCUT2D eigenvalue weighted by Crippen LogP contribution is 2.03. The van der Waals surface area contributed by atoms with Crippen LogP contribution in [0.4, 0.5) is 0 Å². The van der Waals surface area contributed by atoms with Crippen LogP contribution in [0, 0.1) is 0 Å². The second-order valence-corrected chi connectivity index (χ2v) is 3.73. The highest BCUT2D eigenvalue weighted by molar-refractivity contribution is 9.09. The quantitative estimate of drug-likeness (QED) is 0.755. The van der Waals surface area contributed by atoms with Gasteiger partial charge < -0.3 is 0 Å². The smallest absolute Gasteiger partial charge is 0.142 e. The van der Waals surface area contributed by atoms with E-state index in [9.17, 15) is 0 Å². The fraction of sp³-hybridized carbons (Fsp3) is 0.556. The van der Waals surface area contributed by atoms with E-state index in [2.05, 4.69) is 44.8 Å². The lowest BCUT2D eigenvalue weighted by Crippen LogP contribution is -2.30. The fourth-order valence-electron chi connectivity index (χ4n) is 0.908. The third-order valence-corrected chi connectivity index (χ3v) is 2.92. The molecule has 0 bridgehead atoms. The SMILES string of the molecule is CC(CBr)N(C)Cc1ncccn1. The van der Waals surface area contributed by atoms with Gasteiger partial charge in [0, 0.05) is 23.8 Å². The van der Waals surface area contributed by atoms with Crippen molar-refractivity contribution in [2.24, 2.45) is 0 Å². The molecular formula is C9H14BrN3. The molecule has 0 N–H and O–H groups in total. The van der Waals surface area contributed by atoms with E-state index in [1.54, 1.807) is 12.4 Å². The van der Waals surface area contributed by atoms with Crippen molar-refractivity contribution in [2.45, 2.75) is 19.5 Å². The summed E-state index contributed by atoms with van der Waals surface area (Å²) < 4.78 is 0. The Labute approximate surface area is 87.3 Å². The van der Waals surface area contributed by atoms with E-state index in [1.807, 2.05) is 6.07 Å². The molecule has 0 saturated carbocycles. The van der Waals surface area contributed by atoms with E-state index >= 15 is 0 Å². The summed E-state index contributed by atoms with van der Waals surface area (Å²) in [6.45, 7) is 2.96. The van der Waals surface area contributed by atoms with E-state index in [1.165, 1.54) is 0 Å². The number of alkyl halides is 1. The molecule has 0 spiro atoms. The average molecular weight is 244 g/mol. The molecule has 0 radical (unpaired) electrons. The predicted octanol–water partition coefficient (Wildman–Crippen LogP) is 1.69. The zero-order valence-electron chi connectivity index (χ0n) is 7.94. The van der Waals surface area contributed by atoms with Crippen LogP contribution in [-0.2, 0) is 6.54 Å². The first-order valence-corrected chi connectivity index (χ1v) is 5.38. The van der Waals surface area contributed by atoms with Crippen molar-refractivity contribution in [1.82, 2.24) is 14.9 Å². The number of hydrogen-bond donors (Lipinski definition) is 0. The molecule has 0 aliphatic rings. The van der Waals surface area contributed by atoms with Gasteiger partial charge in [0.15, 0.2) is 0 Å². The molecule has 0 amide bonds. The van der Waals surface area contributed by atoms with Crippen LogP contribution in [0.15, 0.2) is 18.5 Å². The third-order valence-electron chi connectivity index (χ3n) is 1.99. The molecule has 1 atom stereocenters. The highest BCUT2D eigenvalue weighted by Gasteiger charge is 2.08. The van der Waals surface area contributed by atoms with Crippen LogP contribution in [0.5, 0.6) is 0 Å². The Balaban J connectivity index is 2.50. The van der Waals surface area contributed by atoms with Crippen molar-refractivity contribution < 1.29 is 0 Å². The molecule has 1 rings (SSSR count). The molecule has 0 fully saturated rings. The molecule has 0 aliphatic heterocycles. The van der Waals surface area contributed by atoms with Crippen molar-refractivity contribution in [1.29, 1.82) is 0 Å². The molecule has 1 unspecified atom stereocenters. The zero-order chi connectivity index (χ0) is 9.68. The molecule has 0 aliphatic carbocycles. The Morgan fingerprint density at radius 3 is 2.62 bits per heavy atom. The highest BCUT2D eigenvalue weighted by atomic mass is 79.9. The van der Waals surface area contributed by atoms with Gasteiger partial charge in [-0.05, 0) is 20.0 Å². The van der Waals surface area contributed by atoms with E-state index in [0.29, 0.717) is 6.04 Å². The summed E-state index contributed by atoms with van der Waals surface area (Å²) in [5.41, 5.74) is 0. The molecule has 13 heavy (non-hydrogen) atoms. The van der Waals surface area contributed by atoms with E-state index in [4.69, 9.17) is 0 Å². The summed E-state index contributed by atoms with van der Waals surface area (Å²) >= 11 is 3.45. The lowest BCUT2D eigenvalue weighted by Gasteiger charge is -2.21. The van der Waals surface area contributed by atoms with Crippen LogP contribution in [0.2, 0.25) is 0 Å². The van der Waals surface area contributed by atoms with Crippen LogP contribution >= 0.6 is 15.9 Å². The van der Waals surface area contributed by atoms with Crippen LogP contribution in [0.1, 0.15) is 12.7 Å². The fourth-order valence-corrected chi connectivity index (χ4v) is 1.40. The number of halogens is 1. The number of rotatable bonds is 4. The number of nitrogens with zero attached hydrogens (tertiary/aromatic N) is 3. The van der Waals surface area contributed by atoms with Crippen molar-refractivity contribution >= 4 is 15.9 Å². The molecule has 72 valence electrons. The summed E-state index contributed by atoms with van der Waals surface area (Å²) in [7, 11) is 2.07. The summed E-state index contributed by atoms with van der Waals surface area (Å²) in [5, 5.41) is 0.969. The third kappa shape index (κ3) is 3.40. The minimum atomic E-state index is 0.504. The number of hydrogen-bond acceptors (Lipinski definition) is 3. The van der Waals surface area contributed by atoms with Gasteiger partial charge >= 0.3 is 0 Å². The second kappa shape index (κ2) is 5.29. The Kier molecular flexibility index (Phi) is 4.32. The van der Waals surface area contributed by atoms with Gasteiger partial charge in [0.25, 0.3) is 0 Å². The van der Waals surface area contributed by atoms with Gasteiger partial charge in [-0.15, -0.1) is 0 Å². The maximum Gasteiger partial charge on any atom is 0.142 e. The van der Waals surface area contributed by atoms with Crippen molar-refractivity contribution in [2.75, 3.05) is 12.4 Å². The van der Waals surface area contributed by atoms with E-state index < -0.39 is 0 Å². The van der Waals surface area contributed by atoms with Crippen molar-refractivity contribution in [3.05, 3.63) is 24.3 Å². The van der Waals surface area contributed by atoms with Crippen LogP contribution < -0.4 is 0 Å². The van der Waals surface area contributed by atoms with Gasteiger partial charge in [-0.25, -0.2) is 9.97 Å². The van der Waals surface area contributed by atoms with Gasteiger partial charge in [0.05, 0.1) is 6.54 Å². The van der Waals surface area contributed by atoms with Gasteiger partial charge in [0.1, 0.15) is 5.82 Å². The minimum Gasteiger partial charge on any atom is -0.295 e. The lowest BCUT2D eigenvalue weighted by atomic mass is 10.3. The van der Waals surface area contributed by atoms with Gasteiger partial charge in [-0.1, -0.05) is 15.9 Å². The normalized spacial score (nSPS) is 13.2. The van der Waals surface area contributed by atoms with Crippen molar-refractivity contribution in [3.8, 4) is 0 Å². The standard InChI is InChI=1S/C9H14BrN3/c1-8(6-10)13(2)7-9-11-4-3-5-12-9/h3-5,8H,6-7H2,1-2H3.